The highest BCUT2D eigenvalue weighted by molar-refractivity contribution is 9.10. The Bertz CT molecular complexity index is 492. The fourth-order valence-corrected chi connectivity index (χ4v) is 2.62. The summed E-state index contributed by atoms with van der Waals surface area (Å²) >= 11 is 3.21. The van der Waals surface area contributed by atoms with Gasteiger partial charge in [-0.2, -0.15) is 0 Å². The third-order valence-electron chi connectivity index (χ3n) is 3.31. The molecule has 0 spiro atoms. The molecule has 1 saturated heterocycles. The summed E-state index contributed by atoms with van der Waals surface area (Å²) in [6.07, 6.45) is 2.06. The number of aromatic nitrogens is 1. The minimum Gasteiger partial charge on any atom is -0.481 e. The fraction of sp³-hybridized carbons (Fsp3) is 0.417. The standard InChI is InChI=1S/C12H13BrN2O3/c1-7-9(12(17)18)3-5-15(7)11(16)8-2-4-14-10(13)6-8/h2,4,6-7,9H,3,5H2,1H3,(H,17,18). The SMILES string of the molecule is CC1C(C(=O)O)CCN1C(=O)c1ccnc(Br)c1. The molecule has 1 fully saturated rings. The van der Waals surface area contributed by atoms with Crippen LogP contribution in [0.2, 0.25) is 0 Å². The molecule has 1 N–H and O–H groups in total. The van der Waals surface area contributed by atoms with Crippen LogP contribution in [-0.4, -0.2) is 39.5 Å². The van der Waals surface area contributed by atoms with E-state index in [4.69, 9.17) is 5.11 Å². The molecule has 0 saturated carbocycles. The van der Waals surface area contributed by atoms with Crippen molar-refractivity contribution in [1.29, 1.82) is 0 Å². The first-order valence-electron chi connectivity index (χ1n) is 5.66. The molecule has 1 aromatic rings. The van der Waals surface area contributed by atoms with E-state index < -0.39 is 11.9 Å². The van der Waals surface area contributed by atoms with E-state index in [9.17, 15) is 9.59 Å². The zero-order chi connectivity index (χ0) is 13.3. The van der Waals surface area contributed by atoms with E-state index in [2.05, 4.69) is 20.9 Å². The van der Waals surface area contributed by atoms with Crippen LogP contribution in [0.15, 0.2) is 22.9 Å². The largest absolute Gasteiger partial charge is 0.481 e. The molecule has 2 unspecified atom stereocenters. The fourth-order valence-electron chi connectivity index (χ4n) is 2.26. The highest BCUT2D eigenvalue weighted by Gasteiger charge is 2.38. The number of pyridine rings is 1. The molecule has 1 amide bonds. The van der Waals surface area contributed by atoms with Crippen LogP contribution < -0.4 is 0 Å². The van der Waals surface area contributed by atoms with Crippen molar-refractivity contribution >= 4 is 27.8 Å². The highest BCUT2D eigenvalue weighted by atomic mass is 79.9. The van der Waals surface area contributed by atoms with Gasteiger partial charge in [-0.1, -0.05) is 0 Å². The van der Waals surface area contributed by atoms with Crippen molar-refractivity contribution in [2.45, 2.75) is 19.4 Å². The molecule has 1 aliphatic rings. The first-order valence-corrected chi connectivity index (χ1v) is 6.45. The number of likely N-dealkylation sites (tertiary alicyclic amines) is 1. The smallest absolute Gasteiger partial charge is 0.308 e. The molecule has 1 aromatic heterocycles. The molecule has 96 valence electrons. The van der Waals surface area contributed by atoms with Gasteiger partial charge in [0.15, 0.2) is 0 Å². The van der Waals surface area contributed by atoms with Crippen LogP contribution in [0.25, 0.3) is 0 Å². The molecule has 2 atom stereocenters. The number of nitrogens with zero attached hydrogens (tertiary/aromatic N) is 2. The Hall–Kier alpha value is -1.43. The third-order valence-corrected chi connectivity index (χ3v) is 3.74. The van der Waals surface area contributed by atoms with Crippen molar-refractivity contribution < 1.29 is 14.7 Å². The number of hydrogen-bond donors (Lipinski definition) is 1. The third kappa shape index (κ3) is 2.38. The Morgan fingerprint density at radius 1 is 1.56 bits per heavy atom. The summed E-state index contributed by atoms with van der Waals surface area (Å²) < 4.78 is 0.593. The first-order chi connectivity index (χ1) is 8.50. The van der Waals surface area contributed by atoms with Crippen molar-refractivity contribution in [3.05, 3.63) is 28.5 Å². The van der Waals surface area contributed by atoms with Crippen LogP contribution in [0.3, 0.4) is 0 Å². The Labute approximate surface area is 113 Å². The molecule has 2 heterocycles. The lowest BCUT2D eigenvalue weighted by Gasteiger charge is -2.23. The van der Waals surface area contributed by atoms with E-state index in [1.165, 1.54) is 0 Å². The first kappa shape index (κ1) is 13.0. The summed E-state index contributed by atoms with van der Waals surface area (Å²) in [6, 6.07) is 3.00. The lowest BCUT2D eigenvalue weighted by atomic mass is 10.0. The second kappa shape index (κ2) is 5.06. The van der Waals surface area contributed by atoms with E-state index in [1.54, 1.807) is 30.2 Å². The van der Waals surface area contributed by atoms with Gasteiger partial charge < -0.3 is 10.0 Å². The number of carbonyl (C=O) groups excluding carboxylic acids is 1. The number of carboxylic acid groups (broad SMARTS) is 1. The number of carbonyl (C=O) groups is 2. The second-order valence-electron chi connectivity index (χ2n) is 4.34. The van der Waals surface area contributed by atoms with Gasteiger partial charge in [-0.15, -0.1) is 0 Å². The second-order valence-corrected chi connectivity index (χ2v) is 5.15. The predicted molar refractivity (Wildman–Crippen MR) is 68.2 cm³/mol. The molecule has 0 radical (unpaired) electrons. The van der Waals surface area contributed by atoms with Gasteiger partial charge in [-0.3, -0.25) is 9.59 Å². The van der Waals surface area contributed by atoms with Crippen LogP contribution in [0.1, 0.15) is 23.7 Å². The van der Waals surface area contributed by atoms with E-state index in [0.717, 1.165) is 0 Å². The van der Waals surface area contributed by atoms with E-state index in [-0.39, 0.29) is 11.9 Å². The maximum absolute atomic E-state index is 12.3. The van der Waals surface area contributed by atoms with Crippen LogP contribution in [0, 0.1) is 5.92 Å². The summed E-state index contributed by atoms with van der Waals surface area (Å²) in [6.45, 7) is 2.26. The summed E-state index contributed by atoms with van der Waals surface area (Å²) in [5.41, 5.74) is 0.523. The maximum Gasteiger partial charge on any atom is 0.308 e. The molecule has 18 heavy (non-hydrogen) atoms. The minimum atomic E-state index is -0.839. The van der Waals surface area contributed by atoms with Crippen molar-refractivity contribution in [3.8, 4) is 0 Å². The molecule has 2 rings (SSSR count). The lowest BCUT2D eigenvalue weighted by molar-refractivity contribution is -0.142. The average molecular weight is 313 g/mol. The zero-order valence-electron chi connectivity index (χ0n) is 9.84. The number of hydrogen-bond acceptors (Lipinski definition) is 3. The Kier molecular flexibility index (Phi) is 3.65. The summed E-state index contributed by atoms with van der Waals surface area (Å²) in [5, 5.41) is 9.04. The summed E-state index contributed by atoms with van der Waals surface area (Å²) in [4.78, 5) is 28.9. The Morgan fingerprint density at radius 3 is 2.83 bits per heavy atom. The van der Waals surface area contributed by atoms with Gasteiger partial charge in [0.1, 0.15) is 4.60 Å². The molecule has 5 nitrogen and oxygen atoms in total. The summed E-state index contributed by atoms with van der Waals surface area (Å²) in [5.74, 6) is -1.46. The topological polar surface area (TPSA) is 70.5 Å². The molecule has 0 bridgehead atoms. The van der Waals surface area contributed by atoms with Crippen LogP contribution in [0.4, 0.5) is 0 Å². The monoisotopic (exact) mass is 312 g/mol. The van der Waals surface area contributed by atoms with Gasteiger partial charge in [-0.05, 0) is 41.4 Å². The van der Waals surface area contributed by atoms with Gasteiger partial charge in [0.2, 0.25) is 0 Å². The van der Waals surface area contributed by atoms with Crippen molar-refractivity contribution in [3.63, 3.8) is 0 Å². The lowest BCUT2D eigenvalue weighted by Crippen LogP contribution is -2.37. The molecular weight excluding hydrogens is 300 g/mol. The minimum absolute atomic E-state index is 0.144. The van der Waals surface area contributed by atoms with Gasteiger partial charge in [0.25, 0.3) is 5.91 Å². The van der Waals surface area contributed by atoms with Crippen molar-refractivity contribution in [2.24, 2.45) is 5.92 Å². The van der Waals surface area contributed by atoms with E-state index >= 15 is 0 Å². The quantitative estimate of drug-likeness (QED) is 0.845. The number of carboxylic acids is 1. The highest BCUT2D eigenvalue weighted by Crippen LogP contribution is 2.26. The number of rotatable bonds is 2. The van der Waals surface area contributed by atoms with E-state index in [0.29, 0.717) is 23.1 Å². The van der Waals surface area contributed by atoms with Gasteiger partial charge in [-0.25, -0.2) is 4.98 Å². The van der Waals surface area contributed by atoms with Crippen molar-refractivity contribution in [1.82, 2.24) is 9.88 Å². The predicted octanol–water partition coefficient (Wildman–Crippen LogP) is 1.78. The Balaban J connectivity index is 2.18. The molecular formula is C12H13BrN2O3. The molecule has 6 heteroatoms. The maximum atomic E-state index is 12.3. The van der Waals surface area contributed by atoms with Crippen LogP contribution in [-0.2, 0) is 4.79 Å². The van der Waals surface area contributed by atoms with Gasteiger partial charge in [0, 0.05) is 24.3 Å². The molecule has 1 aliphatic heterocycles. The van der Waals surface area contributed by atoms with Crippen LogP contribution in [0.5, 0.6) is 0 Å². The van der Waals surface area contributed by atoms with Gasteiger partial charge in [0.05, 0.1) is 5.92 Å². The van der Waals surface area contributed by atoms with E-state index in [1.807, 2.05) is 0 Å². The van der Waals surface area contributed by atoms with Crippen LogP contribution >= 0.6 is 15.9 Å². The number of halogens is 1. The molecule has 0 aliphatic carbocycles. The van der Waals surface area contributed by atoms with Gasteiger partial charge >= 0.3 is 5.97 Å². The molecule has 0 aromatic carbocycles. The number of amides is 1. The number of aliphatic carboxylic acids is 1. The Morgan fingerprint density at radius 2 is 2.28 bits per heavy atom. The zero-order valence-corrected chi connectivity index (χ0v) is 11.4. The normalized spacial score (nSPS) is 23.1. The summed E-state index contributed by atoms with van der Waals surface area (Å²) in [7, 11) is 0. The van der Waals surface area contributed by atoms with Crippen molar-refractivity contribution in [2.75, 3.05) is 6.54 Å². The average Bonchev–Trinajstić information content (AvgIpc) is 2.70.